The van der Waals surface area contributed by atoms with Gasteiger partial charge in [0.05, 0.1) is 38.4 Å². The van der Waals surface area contributed by atoms with E-state index in [4.69, 9.17) is 4.98 Å². The van der Waals surface area contributed by atoms with E-state index in [9.17, 15) is 13.4 Å². The van der Waals surface area contributed by atoms with E-state index in [1.165, 1.54) is 23.5 Å². The Balaban J connectivity index is 1.29. The Kier molecular flexibility index (Phi) is 6.18. The number of allylic oxidation sites excluding steroid dienone is 1. The summed E-state index contributed by atoms with van der Waals surface area (Å²) in [6.07, 6.45) is 10.3. The van der Waals surface area contributed by atoms with E-state index in [0.717, 1.165) is 47.5 Å². The molecule has 3 aliphatic rings. The molecule has 1 aromatic carbocycles. The number of hydrogen-bond donors (Lipinski definition) is 0. The van der Waals surface area contributed by atoms with Crippen molar-refractivity contribution in [1.82, 2.24) is 28.9 Å². The molecule has 0 spiro atoms. The second kappa shape index (κ2) is 9.57. The number of carbonyl (C=O) groups excluding carboxylic acids is 1. The van der Waals surface area contributed by atoms with Crippen molar-refractivity contribution in [3.63, 3.8) is 0 Å². The van der Waals surface area contributed by atoms with Gasteiger partial charge in [0.1, 0.15) is 5.82 Å². The molecule has 0 saturated heterocycles. The van der Waals surface area contributed by atoms with Crippen LogP contribution in [-0.2, 0) is 23.2 Å². The predicted octanol–water partition coefficient (Wildman–Crippen LogP) is 5.06. The number of thiazole rings is 1. The van der Waals surface area contributed by atoms with Gasteiger partial charge in [-0.3, -0.25) is 9.48 Å². The average molecular weight is 591 g/mol. The van der Waals surface area contributed by atoms with E-state index in [-0.39, 0.29) is 17.6 Å². The van der Waals surface area contributed by atoms with Crippen LogP contribution < -0.4 is 0 Å². The minimum atomic E-state index is -2.86. The highest BCUT2D eigenvalue weighted by molar-refractivity contribution is 7.98. The van der Waals surface area contributed by atoms with Gasteiger partial charge in [0.25, 0.3) is 0 Å². The molecule has 7 rings (SSSR count). The van der Waals surface area contributed by atoms with Gasteiger partial charge in [-0.05, 0) is 93.4 Å². The molecule has 2 fully saturated rings. The van der Waals surface area contributed by atoms with E-state index < -0.39 is 15.1 Å². The molecular weight excluding hydrogens is 560 g/mol. The van der Waals surface area contributed by atoms with Crippen LogP contribution >= 0.6 is 11.3 Å². The van der Waals surface area contributed by atoms with Crippen molar-refractivity contribution < 1.29 is 13.4 Å². The quantitative estimate of drug-likeness (QED) is 0.222. The fourth-order valence-electron chi connectivity index (χ4n) is 6.30. The minimum Gasteiger partial charge on any atom is -0.290 e. The normalized spacial score (nSPS) is 23.5. The van der Waals surface area contributed by atoms with Gasteiger partial charge in [-0.1, -0.05) is 5.57 Å². The third-order valence-electron chi connectivity index (χ3n) is 8.85. The van der Waals surface area contributed by atoms with Crippen molar-refractivity contribution in [3.05, 3.63) is 81.5 Å². The number of Topliss-reactive ketones (excluding diaryl/α,β-unsaturated/α-hetero) is 1. The van der Waals surface area contributed by atoms with Crippen molar-refractivity contribution in [2.24, 2.45) is 12.5 Å². The van der Waals surface area contributed by atoms with Gasteiger partial charge in [-0.2, -0.15) is 10.2 Å². The molecule has 3 aromatic heterocycles. The molecule has 8 nitrogen and oxygen atoms in total. The Hall–Kier alpha value is -3.41. The number of aryl methyl sites for hydroxylation is 1. The summed E-state index contributed by atoms with van der Waals surface area (Å²) in [5, 5.41) is 12.0. The molecule has 0 bridgehead atoms. The number of ketones is 1. The van der Waals surface area contributed by atoms with Crippen LogP contribution in [0.2, 0.25) is 0 Å². The SMILES string of the molecule is C=S(=O)(c1ccn(C)n1)N(C)[C@H]1CCC2=Cc3c(cnn3-c3ccc(F)cc3)C[C@]2(C(=O)c2nc(C3CC3)cs2)C1. The first-order chi connectivity index (χ1) is 19.7. The first kappa shape index (κ1) is 26.5. The topological polar surface area (TPSA) is 85.9 Å². The molecule has 1 unspecified atom stereocenters. The number of aromatic nitrogens is 5. The summed E-state index contributed by atoms with van der Waals surface area (Å²) in [6.45, 7) is 0. The molecule has 0 amide bonds. The monoisotopic (exact) mass is 590 g/mol. The van der Waals surface area contributed by atoms with E-state index >= 15 is 0 Å². The molecule has 3 atom stereocenters. The molecule has 41 heavy (non-hydrogen) atoms. The van der Waals surface area contributed by atoms with Crippen LogP contribution in [0.25, 0.3) is 11.8 Å². The van der Waals surface area contributed by atoms with Gasteiger partial charge in [-0.25, -0.2) is 22.6 Å². The first-order valence-corrected chi connectivity index (χ1v) is 16.4. The van der Waals surface area contributed by atoms with Gasteiger partial charge in [0, 0.05) is 30.6 Å². The molecule has 3 aliphatic carbocycles. The molecule has 0 N–H and O–H groups in total. The van der Waals surface area contributed by atoms with Gasteiger partial charge in [0.15, 0.2) is 10.0 Å². The van der Waals surface area contributed by atoms with Crippen LogP contribution in [0.3, 0.4) is 0 Å². The third kappa shape index (κ3) is 4.41. The number of rotatable bonds is 7. The van der Waals surface area contributed by atoms with Gasteiger partial charge >= 0.3 is 0 Å². The third-order valence-corrected chi connectivity index (χ3v) is 11.8. The Labute approximate surface area is 242 Å². The van der Waals surface area contributed by atoms with Gasteiger partial charge in [-0.15, -0.1) is 11.3 Å². The van der Waals surface area contributed by atoms with E-state index in [1.54, 1.807) is 36.1 Å². The molecule has 0 aliphatic heterocycles. The summed E-state index contributed by atoms with van der Waals surface area (Å²) < 4.78 is 32.9. The highest BCUT2D eigenvalue weighted by atomic mass is 32.2. The van der Waals surface area contributed by atoms with Crippen molar-refractivity contribution in [3.8, 4) is 5.69 Å². The van der Waals surface area contributed by atoms with Crippen molar-refractivity contribution >= 4 is 38.8 Å². The number of halogens is 1. The Morgan fingerprint density at radius 3 is 2.71 bits per heavy atom. The van der Waals surface area contributed by atoms with Crippen molar-refractivity contribution in [2.75, 3.05) is 7.05 Å². The fraction of sp³-hybridized carbons (Fsp3) is 0.367. The van der Waals surface area contributed by atoms with Gasteiger partial charge in [0.2, 0.25) is 5.78 Å². The highest BCUT2D eigenvalue weighted by Crippen LogP contribution is 2.52. The standard InChI is InChI=1S/C30H31FN6O2S2/c1-35-13-12-27(34-35)41(3,39)36(2)24-9-6-21-14-26-20(17-32-37(26)23-10-7-22(31)8-11-23)15-30(21,16-24)28(38)29-33-25(18-40-29)19-4-5-19/h7-8,10-14,17-19,24H,3-6,9,15-16H2,1-2H3/t24-,30-,41?/m0/s1. The summed E-state index contributed by atoms with van der Waals surface area (Å²) in [6, 6.07) is 7.85. The van der Waals surface area contributed by atoms with Crippen LogP contribution in [0.15, 0.2) is 58.7 Å². The lowest BCUT2D eigenvalue weighted by atomic mass is 9.61. The second-order valence-electron chi connectivity index (χ2n) is 11.5. The average Bonchev–Trinajstić information content (AvgIpc) is 3.32. The fourth-order valence-corrected chi connectivity index (χ4v) is 8.72. The maximum atomic E-state index is 14.5. The Morgan fingerprint density at radius 1 is 1.22 bits per heavy atom. The maximum Gasteiger partial charge on any atom is 0.201 e. The lowest BCUT2D eigenvalue weighted by Crippen LogP contribution is -2.49. The van der Waals surface area contributed by atoms with Crippen molar-refractivity contribution in [2.45, 2.75) is 55.5 Å². The highest BCUT2D eigenvalue weighted by Gasteiger charge is 2.51. The molecule has 11 heteroatoms. The largest absolute Gasteiger partial charge is 0.290 e. The van der Waals surface area contributed by atoms with Crippen LogP contribution in [0, 0.1) is 11.2 Å². The molecular formula is C30H31FN6O2S2. The second-order valence-corrected chi connectivity index (χ2v) is 14.6. The van der Waals surface area contributed by atoms with E-state index in [1.807, 2.05) is 27.6 Å². The molecule has 4 aromatic rings. The number of benzene rings is 1. The number of fused-ring (bicyclic) bond motifs is 2. The Bertz CT molecular complexity index is 1800. The number of nitrogens with zero attached hydrogens (tertiary/aromatic N) is 6. The zero-order chi connectivity index (χ0) is 28.5. The number of carbonyl (C=O) groups is 1. The molecule has 212 valence electrons. The summed E-state index contributed by atoms with van der Waals surface area (Å²) in [5.74, 6) is 4.28. The van der Waals surface area contributed by atoms with E-state index in [2.05, 4.69) is 22.1 Å². The molecule has 3 heterocycles. The molecule has 2 saturated carbocycles. The summed E-state index contributed by atoms with van der Waals surface area (Å²) >= 11 is 1.43. The predicted molar refractivity (Wildman–Crippen MR) is 158 cm³/mol. The van der Waals surface area contributed by atoms with Gasteiger partial charge < -0.3 is 0 Å². The summed E-state index contributed by atoms with van der Waals surface area (Å²) in [7, 11) is 0.765. The zero-order valence-electron chi connectivity index (χ0n) is 23.0. The van der Waals surface area contributed by atoms with Crippen molar-refractivity contribution in [1.29, 1.82) is 0 Å². The van der Waals surface area contributed by atoms with Crippen LogP contribution in [0.1, 0.15) is 64.8 Å². The lowest BCUT2D eigenvalue weighted by Gasteiger charge is -2.46. The first-order valence-electron chi connectivity index (χ1n) is 13.8. The van der Waals surface area contributed by atoms with Crippen LogP contribution in [0.4, 0.5) is 4.39 Å². The zero-order valence-corrected chi connectivity index (χ0v) is 24.6. The molecule has 0 radical (unpaired) electrons. The maximum absolute atomic E-state index is 14.5. The summed E-state index contributed by atoms with van der Waals surface area (Å²) in [5.41, 5.74) is 3.85. The minimum absolute atomic E-state index is 0.0207. The van der Waals surface area contributed by atoms with E-state index in [0.29, 0.717) is 35.2 Å². The Morgan fingerprint density at radius 2 is 2.00 bits per heavy atom. The van der Waals surface area contributed by atoms with Crippen LogP contribution in [-0.4, -0.2) is 57.8 Å². The number of hydrogen-bond acceptors (Lipinski definition) is 6. The lowest BCUT2D eigenvalue weighted by molar-refractivity contribution is 0.0754. The van der Waals surface area contributed by atoms with Crippen LogP contribution in [0.5, 0.6) is 0 Å². The smallest absolute Gasteiger partial charge is 0.201 e. The summed E-state index contributed by atoms with van der Waals surface area (Å²) in [4.78, 5) is 19.4.